The van der Waals surface area contributed by atoms with E-state index in [4.69, 9.17) is 27.7 Å². The molecule has 2 heterocycles. The summed E-state index contributed by atoms with van der Waals surface area (Å²) in [7, 11) is 0. The van der Waals surface area contributed by atoms with E-state index in [0.717, 1.165) is 28.9 Å². The maximum Gasteiger partial charge on any atom is 0.224 e. The van der Waals surface area contributed by atoms with E-state index in [1.807, 2.05) is 30.3 Å². The largest absolute Gasteiger partial charge is 0.356 e. The number of carbonyl (C=O) groups excluding carboxylic acids is 1. The topological polar surface area (TPSA) is 82.8 Å². The first kappa shape index (κ1) is 20.3. The highest BCUT2D eigenvalue weighted by molar-refractivity contribution is 6.42. The normalized spacial score (nSPS) is 12.8. The van der Waals surface area contributed by atoms with Gasteiger partial charge >= 0.3 is 0 Å². The van der Waals surface area contributed by atoms with Crippen LogP contribution in [0.4, 0.5) is 5.69 Å². The highest BCUT2D eigenvalue weighted by atomic mass is 35.5. The highest BCUT2D eigenvalue weighted by Crippen LogP contribution is 2.30. The van der Waals surface area contributed by atoms with Crippen molar-refractivity contribution in [1.82, 2.24) is 15.5 Å². The molecule has 0 unspecified atom stereocenters. The van der Waals surface area contributed by atoms with Gasteiger partial charge in [-0.3, -0.25) is 10.2 Å². The molecule has 2 aromatic carbocycles. The molecule has 9 heteroatoms. The lowest BCUT2D eigenvalue weighted by Gasteiger charge is -2.13. The number of amides is 1. The monoisotopic (exact) mass is 443 g/mol. The number of carbonyl (C=O) groups is 1. The van der Waals surface area contributed by atoms with E-state index in [-0.39, 0.29) is 5.91 Å². The molecule has 7 nitrogen and oxygen atoms in total. The number of hydrogen-bond acceptors (Lipinski definition) is 6. The first-order valence-corrected chi connectivity index (χ1v) is 10.1. The molecular formula is C21H19Cl2N5O2. The lowest BCUT2D eigenvalue weighted by molar-refractivity contribution is -0.116. The number of aryl methyl sites for hydroxylation is 1. The predicted octanol–water partition coefficient (Wildman–Crippen LogP) is 4.53. The van der Waals surface area contributed by atoms with Crippen LogP contribution in [-0.2, 0) is 17.8 Å². The molecule has 3 aromatic rings. The minimum absolute atomic E-state index is 0.0834. The summed E-state index contributed by atoms with van der Waals surface area (Å²) in [6, 6.07) is 13.0. The lowest BCUT2D eigenvalue weighted by atomic mass is 10.1. The van der Waals surface area contributed by atoms with Crippen LogP contribution in [-0.4, -0.2) is 29.0 Å². The first-order chi connectivity index (χ1) is 14.6. The molecule has 4 rings (SSSR count). The van der Waals surface area contributed by atoms with Crippen LogP contribution in [0.2, 0.25) is 10.0 Å². The zero-order chi connectivity index (χ0) is 20.9. The molecule has 0 saturated carbocycles. The third-order valence-corrected chi connectivity index (χ3v) is 5.40. The third kappa shape index (κ3) is 4.93. The standard InChI is InChI=1S/C21H19Cl2N5O2/c22-18-7-3-15(9-19(18)23)21-16(10-26-30-21)4-8-20(29)27-17-5-1-14(2-6-17)11-28-12-24-25-13-28/h1-3,5-7,9-10,12,25H,4,8,11,13H2,(H,27,29). The van der Waals surface area contributed by atoms with Crippen molar-refractivity contribution in [3.8, 4) is 11.3 Å². The molecule has 0 aliphatic carbocycles. The molecule has 1 aromatic heterocycles. The van der Waals surface area contributed by atoms with Gasteiger partial charge in [-0.2, -0.15) is 5.10 Å². The summed E-state index contributed by atoms with van der Waals surface area (Å²) in [5.74, 6) is 0.505. The summed E-state index contributed by atoms with van der Waals surface area (Å²) >= 11 is 12.1. The van der Waals surface area contributed by atoms with Crippen molar-refractivity contribution in [3.05, 3.63) is 69.8 Å². The molecule has 0 spiro atoms. The van der Waals surface area contributed by atoms with Crippen LogP contribution in [0.1, 0.15) is 17.5 Å². The Morgan fingerprint density at radius 2 is 2.00 bits per heavy atom. The fraction of sp³-hybridized carbons (Fsp3) is 0.190. The summed E-state index contributed by atoms with van der Waals surface area (Å²) < 4.78 is 5.36. The number of hydrazone groups is 1. The van der Waals surface area contributed by atoms with Crippen molar-refractivity contribution >= 4 is 41.1 Å². The quantitative estimate of drug-likeness (QED) is 0.560. The molecule has 1 aliphatic heterocycles. The Morgan fingerprint density at radius 3 is 2.73 bits per heavy atom. The van der Waals surface area contributed by atoms with Crippen molar-refractivity contribution in [2.45, 2.75) is 19.4 Å². The minimum atomic E-state index is -0.0834. The Balaban J connectivity index is 1.32. The fourth-order valence-electron chi connectivity index (χ4n) is 3.10. The average Bonchev–Trinajstić information content (AvgIpc) is 3.42. The molecule has 0 saturated heterocycles. The molecular weight excluding hydrogens is 425 g/mol. The van der Waals surface area contributed by atoms with Crippen LogP contribution >= 0.6 is 23.2 Å². The summed E-state index contributed by atoms with van der Waals surface area (Å²) in [6.07, 6.45) is 4.18. The molecule has 2 N–H and O–H groups in total. The summed E-state index contributed by atoms with van der Waals surface area (Å²) in [5.41, 5.74) is 6.39. The fourth-order valence-corrected chi connectivity index (χ4v) is 3.40. The lowest BCUT2D eigenvalue weighted by Crippen LogP contribution is -2.22. The Bertz CT molecular complexity index is 1070. The number of benzene rings is 2. The van der Waals surface area contributed by atoms with Crippen LogP contribution < -0.4 is 10.7 Å². The zero-order valence-corrected chi connectivity index (χ0v) is 17.5. The summed E-state index contributed by atoms with van der Waals surface area (Å²) in [4.78, 5) is 14.4. The van der Waals surface area contributed by atoms with E-state index in [1.54, 1.807) is 24.7 Å². The Hall–Kier alpha value is -3.03. The van der Waals surface area contributed by atoms with Crippen molar-refractivity contribution < 1.29 is 9.32 Å². The van der Waals surface area contributed by atoms with Gasteiger partial charge in [0.15, 0.2) is 5.76 Å². The molecule has 1 aliphatic rings. The second-order valence-electron chi connectivity index (χ2n) is 6.86. The number of aromatic nitrogens is 1. The molecule has 0 atom stereocenters. The average molecular weight is 444 g/mol. The van der Waals surface area contributed by atoms with Gasteiger partial charge in [0.25, 0.3) is 0 Å². The van der Waals surface area contributed by atoms with Crippen molar-refractivity contribution in [2.24, 2.45) is 5.10 Å². The minimum Gasteiger partial charge on any atom is -0.356 e. The van der Waals surface area contributed by atoms with Crippen LogP contribution in [0.3, 0.4) is 0 Å². The first-order valence-electron chi connectivity index (χ1n) is 9.36. The van der Waals surface area contributed by atoms with Crippen LogP contribution in [0.25, 0.3) is 11.3 Å². The molecule has 0 bridgehead atoms. The maximum absolute atomic E-state index is 12.4. The van der Waals surface area contributed by atoms with Gasteiger partial charge in [0.2, 0.25) is 5.91 Å². The van der Waals surface area contributed by atoms with Crippen molar-refractivity contribution in [3.63, 3.8) is 0 Å². The van der Waals surface area contributed by atoms with E-state index in [9.17, 15) is 4.79 Å². The van der Waals surface area contributed by atoms with Crippen LogP contribution in [0.15, 0.2) is 58.3 Å². The zero-order valence-electron chi connectivity index (χ0n) is 15.9. The van der Waals surface area contributed by atoms with Gasteiger partial charge in [-0.15, -0.1) is 0 Å². The number of nitrogens with one attached hydrogen (secondary N) is 2. The van der Waals surface area contributed by atoms with E-state index in [2.05, 4.69) is 25.9 Å². The Morgan fingerprint density at radius 1 is 1.17 bits per heavy atom. The molecule has 0 radical (unpaired) electrons. The van der Waals surface area contributed by atoms with Crippen molar-refractivity contribution in [2.75, 3.05) is 12.0 Å². The summed E-state index contributed by atoms with van der Waals surface area (Å²) in [6.45, 7) is 1.46. The van der Waals surface area contributed by atoms with Gasteiger partial charge in [-0.25, -0.2) is 0 Å². The third-order valence-electron chi connectivity index (χ3n) is 4.66. The smallest absolute Gasteiger partial charge is 0.224 e. The molecule has 1 amide bonds. The number of halogens is 2. The van der Waals surface area contributed by atoms with Crippen LogP contribution in [0, 0.1) is 0 Å². The van der Waals surface area contributed by atoms with Gasteiger partial charge in [-0.05, 0) is 42.3 Å². The van der Waals surface area contributed by atoms with E-state index in [0.29, 0.717) is 35.3 Å². The predicted molar refractivity (Wildman–Crippen MR) is 117 cm³/mol. The summed E-state index contributed by atoms with van der Waals surface area (Å²) in [5, 5.41) is 11.7. The maximum atomic E-state index is 12.4. The van der Waals surface area contributed by atoms with E-state index in [1.165, 1.54) is 0 Å². The number of anilines is 1. The van der Waals surface area contributed by atoms with Gasteiger partial charge < -0.3 is 14.7 Å². The second-order valence-corrected chi connectivity index (χ2v) is 7.68. The number of hydrogen-bond donors (Lipinski definition) is 2. The Kier molecular flexibility index (Phi) is 6.21. The van der Waals surface area contributed by atoms with Gasteiger partial charge in [0.1, 0.15) is 13.0 Å². The van der Waals surface area contributed by atoms with Gasteiger partial charge in [0, 0.05) is 29.8 Å². The van der Waals surface area contributed by atoms with Gasteiger partial charge in [-0.1, -0.05) is 40.5 Å². The van der Waals surface area contributed by atoms with E-state index >= 15 is 0 Å². The number of rotatable bonds is 7. The second kappa shape index (κ2) is 9.19. The van der Waals surface area contributed by atoms with E-state index < -0.39 is 0 Å². The molecule has 30 heavy (non-hydrogen) atoms. The van der Waals surface area contributed by atoms with Crippen molar-refractivity contribution in [1.29, 1.82) is 0 Å². The highest BCUT2D eigenvalue weighted by Gasteiger charge is 2.14. The van der Waals surface area contributed by atoms with Crippen LogP contribution in [0.5, 0.6) is 0 Å². The van der Waals surface area contributed by atoms with Gasteiger partial charge in [0.05, 0.1) is 16.2 Å². The SMILES string of the molecule is O=C(CCc1cnoc1-c1ccc(Cl)c(Cl)c1)Nc1ccc(CN2C=NNC2)cc1. The Labute approximate surface area is 183 Å². The number of nitrogens with zero attached hydrogens (tertiary/aromatic N) is 3. The molecule has 154 valence electrons. The molecule has 0 fully saturated rings.